The van der Waals surface area contributed by atoms with Crippen LogP contribution in [0.1, 0.15) is 54.8 Å². The van der Waals surface area contributed by atoms with Crippen molar-refractivity contribution >= 4 is 15.2 Å². The molecule has 0 N–H and O–H groups in total. The predicted octanol–water partition coefficient (Wildman–Crippen LogP) is 4.65. The summed E-state index contributed by atoms with van der Waals surface area (Å²) in [6.45, 7) is 9.38. The minimum atomic E-state index is 0. The average molecular weight is 199 g/mol. The first-order valence-electron chi connectivity index (χ1n) is 6.02. The maximum absolute atomic E-state index is 2.38. The molecule has 0 heterocycles. The average Bonchev–Trinajstić information content (AvgIpc) is 2.16. The van der Waals surface area contributed by atoms with Crippen LogP contribution >= 0.6 is 0 Å². The molecule has 1 radical (unpaired) electrons. The van der Waals surface area contributed by atoms with E-state index in [-0.39, 0.29) is 1.43 Å². The van der Waals surface area contributed by atoms with Crippen molar-refractivity contribution in [1.82, 2.24) is 0 Å². The zero-order valence-corrected chi connectivity index (χ0v) is 11.1. The zero-order chi connectivity index (χ0) is 10.1. The molecular formula is C12H28Al. The van der Waals surface area contributed by atoms with Crippen LogP contribution in [0.5, 0.6) is 0 Å². The SMILES string of the molecule is CCC(C)C[CH2][Al][CH2]CC(C)CC.[HH]. The van der Waals surface area contributed by atoms with Gasteiger partial charge in [0.15, 0.2) is 15.2 Å². The summed E-state index contributed by atoms with van der Waals surface area (Å²) in [5, 5.41) is 3.07. The lowest BCUT2D eigenvalue weighted by Crippen LogP contribution is -1.99. The Hall–Kier alpha value is 0.532. The monoisotopic (exact) mass is 199 g/mol. The molecule has 0 saturated heterocycles. The fourth-order valence-electron chi connectivity index (χ4n) is 1.36. The van der Waals surface area contributed by atoms with Gasteiger partial charge in [0.2, 0.25) is 0 Å². The molecule has 0 fully saturated rings. The fraction of sp³-hybridized carbons (Fsp3) is 1.00. The lowest BCUT2D eigenvalue weighted by atomic mass is 10.1. The molecule has 2 atom stereocenters. The molecule has 0 aliphatic carbocycles. The maximum Gasteiger partial charge on any atom is 0.199 e. The third-order valence-electron chi connectivity index (χ3n) is 3.12. The van der Waals surface area contributed by atoms with E-state index in [0.29, 0.717) is 0 Å². The van der Waals surface area contributed by atoms with Crippen LogP contribution in [0, 0.1) is 11.8 Å². The largest absolute Gasteiger partial charge is 0.199 e. The van der Waals surface area contributed by atoms with E-state index in [4.69, 9.17) is 0 Å². The second kappa shape index (κ2) is 9.10. The molecule has 0 saturated carbocycles. The highest BCUT2D eigenvalue weighted by molar-refractivity contribution is 6.35. The summed E-state index contributed by atoms with van der Waals surface area (Å²) < 4.78 is 0. The van der Waals surface area contributed by atoms with Gasteiger partial charge in [-0.1, -0.05) is 53.4 Å². The minimum absolute atomic E-state index is 0. The molecule has 0 aromatic heterocycles. The number of hydrogen-bond acceptors (Lipinski definition) is 0. The molecule has 0 aliphatic heterocycles. The molecular weight excluding hydrogens is 171 g/mol. The Labute approximate surface area is 92.7 Å². The highest BCUT2D eigenvalue weighted by Crippen LogP contribution is 2.13. The van der Waals surface area contributed by atoms with Crippen molar-refractivity contribution in [3.63, 3.8) is 0 Å². The van der Waals surface area contributed by atoms with Gasteiger partial charge >= 0.3 is 0 Å². The van der Waals surface area contributed by atoms with Crippen LogP contribution < -0.4 is 0 Å². The third kappa shape index (κ3) is 8.85. The molecule has 1 heteroatoms. The van der Waals surface area contributed by atoms with Gasteiger partial charge in [-0.3, -0.25) is 0 Å². The van der Waals surface area contributed by atoms with Crippen molar-refractivity contribution in [3.8, 4) is 0 Å². The molecule has 0 amide bonds. The predicted molar refractivity (Wildman–Crippen MR) is 65.6 cm³/mol. The lowest BCUT2D eigenvalue weighted by molar-refractivity contribution is 0.533. The van der Waals surface area contributed by atoms with E-state index in [1.54, 1.807) is 0 Å². The van der Waals surface area contributed by atoms with Crippen molar-refractivity contribution in [2.75, 3.05) is 0 Å². The highest BCUT2D eigenvalue weighted by atomic mass is 27.1. The van der Waals surface area contributed by atoms with Crippen LogP contribution in [0.4, 0.5) is 0 Å². The van der Waals surface area contributed by atoms with E-state index < -0.39 is 0 Å². The standard InChI is InChI=1S/2C6H13.Al.H2/c2*1-4-6(3)5-2;;/h2*6H,1,4-5H2,2-3H3;;1H. The van der Waals surface area contributed by atoms with Gasteiger partial charge in [-0.05, 0) is 11.8 Å². The first-order chi connectivity index (χ1) is 6.20. The second-order valence-corrected chi connectivity index (χ2v) is 6.20. The second-order valence-electron chi connectivity index (χ2n) is 4.47. The van der Waals surface area contributed by atoms with Gasteiger partial charge in [0, 0.05) is 1.43 Å². The van der Waals surface area contributed by atoms with Crippen molar-refractivity contribution in [1.29, 1.82) is 0 Å². The fourth-order valence-corrected chi connectivity index (χ4v) is 3.26. The van der Waals surface area contributed by atoms with Crippen molar-refractivity contribution < 1.29 is 1.43 Å². The van der Waals surface area contributed by atoms with Gasteiger partial charge in [-0.2, -0.15) is 0 Å². The van der Waals surface area contributed by atoms with E-state index in [1.807, 2.05) is 0 Å². The first-order valence-corrected chi connectivity index (χ1v) is 7.65. The topological polar surface area (TPSA) is 0 Å². The van der Waals surface area contributed by atoms with E-state index >= 15 is 0 Å². The third-order valence-corrected chi connectivity index (χ3v) is 4.60. The summed E-state index contributed by atoms with van der Waals surface area (Å²) in [7, 11) is 0. The highest BCUT2D eigenvalue weighted by Gasteiger charge is 2.01. The smallest absolute Gasteiger partial charge is 0.104 e. The lowest BCUT2D eigenvalue weighted by Gasteiger charge is -2.08. The molecule has 79 valence electrons. The van der Waals surface area contributed by atoms with Gasteiger partial charge < -0.3 is 0 Å². The summed E-state index contributed by atoms with van der Waals surface area (Å²) in [6.07, 6.45) is 5.69. The molecule has 0 bridgehead atoms. The zero-order valence-electron chi connectivity index (χ0n) is 9.97. The van der Waals surface area contributed by atoms with E-state index in [2.05, 4.69) is 27.7 Å². The van der Waals surface area contributed by atoms with Gasteiger partial charge in [0.25, 0.3) is 0 Å². The molecule has 0 aliphatic rings. The van der Waals surface area contributed by atoms with Crippen LogP contribution in [0.3, 0.4) is 0 Å². The summed E-state index contributed by atoms with van der Waals surface area (Å²) in [4.78, 5) is 0. The molecule has 0 aromatic rings. The summed E-state index contributed by atoms with van der Waals surface area (Å²) in [6, 6.07) is 0. The molecule has 0 rings (SSSR count). The quantitative estimate of drug-likeness (QED) is 0.394. The Bertz CT molecular complexity index is 94.5. The van der Waals surface area contributed by atoms with Crippen LogP contribution in [-0.4, -0.2) is 15.2 Å². The molecule has 0 nitrogen and oxygen atoms in total. The summed E-state index contributed by atoms with van der Waals surface area (Å²) in [5.41, 5.74) is 0. The van der Waals surface area contributed by atoms with Crippen LogP contribution in [0.15, 0.2) is 0 Å². The Kier molecular flexibility index (Phi) is 9.47. The minimum Gasteiger partial charge on any atom is -0.104 e. The molecule has 13 heavy (non-hydrogen) atoms. The van der Waals surface area contributed by atoms with Gasteiger partial charge in [0.1, 0.15) is 0 Å². The van der Waals surface area contributed by atoms with Crippen LogP contribution in [0.2, 0.25) is 10.6 Å². The van der Waals surface area contributed by atoms with Crippen molar-refractivity contribution in [2.24, 2.45) is 11.8 Å². The van der Waals surface area contributed by atoms with Gasteiger partial charge in [-0.25, -0.2) is 0 Å². The Morgan fingerprint density at radius 3 is 1.62 bits per heavy atom. The van der Waals surface area contributed by atoms with Crippen molar-refractivity contribution in [3.05, 3.63) is 0 Å². The molecule has 0 aromatic carbocycles. The van der Waals surface area contributed by atoms with Gasteiger partial charge in [-0.15, -0.1) is 10.6 Å². The number of hydrogen-bond donors (Lipinski definition) is 0. The summed E-state index contributed by atoms with van der Waals surface area (Å²) >= 11 is 0.765. The first kappa shape index (κ1) is 13.5. The summed E-state index contributed by atoms with van der Waals surface area (Å²) in [5.74, 6) is 1.94. The Balaban J connectivity index is 0. The van der Waals surface area contributed by atoms with E-state index in [9.17, 15) is 0 Å². The van der Waals surface area contributed by atoms with E-state index in [1.165, 1.54) is 36.2 Å². The maximum atomic E-state index is 2.38. The number of rotatable bonds is 8. The van der Waals surface area contributed by atoms with Crippen LogP contribution in [-0.2, 0) is 0 Å². The Morgan fingerprint density at radius 1 is 0.923 bits per heavy atom. The molecule has 2 unspecified atom stereocenters. The van der Waals surface area contributed by atoms with Gasteiger partial charge in [0.05, 0.1) is 0 Å². The van der Waals surface area contributed by atoms with Crippen molar-refractivity contribution in [2.45, 2.75) is 63.9 Å². The van der Waals surface area contributed by atoms with Crippen LogP contribution in [0.25, 0.3) is 0 Å². The van der Waals surface area contributed by atoms with E-state index in [0.717, 1.165) is 27.1 Å². The normalized spacial score (nSPS) is 15.4. The molecule has 0 spiro atoms. The Morgan fingerprint density at radius 2 is 1.31 bits per heavy atom.